The molecule has 0 radical (unpaired) electrons. The van der Waals surface area contributed by atoms with E-state index in [1.165, 1.54) is 31.3 Å². The second-order valence-electron chi connectivity index (χ2n) is 13.3. The van der Waals surface area contributed by atoms with Crippen LogP contribution in [0.1, 0.15) is 49.7 Å². The fraction of sp³-hybridized carbons (Fsp3) is 0.282. The summed E-state index contributed by atoms with van der Waals surface area (Å²) < 4.78 is 38.4. The Morgan fingerprint density at radius 1 is 0.627 bits per heavy atom. The Bertz CT molecular complexity index is 2070. The van der Waals surface area contributed by atoms with E-state index in [1.807, 2.05) is 24.3 Å². The number of piperidine rings is 2. The molecule has 0 aliphatic carbocycles. The summed E-state index contributed by atoms with van der Waals surface area (Å²) in [6.07, 6.45) is 12.6. The van der Waals surface area contributed by atoms with Crippen molar-refractivity contribution < 1.29 is 17.6 Å². The summed E-state index contributed by atoms with van der Waals surface area (Å²) in [6, 6.07) is 16.9. The summed E-state index contributed by atoms with van der Waals surface area (Å²) >= 11 is 0. The molecule has 12 heteroatoms. The van der Waals surface area contributed by atoms with E-state index in [9.17, 15) is 8.78 Å². The highest BCUT2D eigenvalue weighted by Crippen LogP contribution is 2.40. The molecule has 51 heavy (non-hydrogen) atoms. The first-order chi connectivity index (χ1) is 25.0. The van der Waals surface area contributed by atoms with E-state index < -0.39 is 12.0 Å². The van der Waals surface area contributed by atoms with E-state index >= 15 is 0 Å². The minimum absolute atomic E-state index is 0.298. The Kier molecular flexibility index (Phi) is 8.06. The smallest absolute Gasteiger partial charge is 0.279 e. The van der Waals surface area contributed by atoms with Gasteiger partial charge in [-0.15, -0.1) is 0 Å². The number of dihydropyridines is 1. The molecule has 7 heterocycles. The zero-order chi connectivity index (χ0) is 34.3. The highest BCUT2D eigenvalue weighted by Gasteiger charge is 2.35. The third-order valence-electron chi connectivity index (χ3n) is 9.97. The number of rotatable bonds is 8. The van der Waals surface area contributed by atoms with Gasteiger partial charge in [0.15, 0.2) is 0 Å². The number of hydrogen-bond donors (Lipinski definition) is 2. The van der Waals surface area contributed by atoms with Gasteiger partial charge in [-0.1, -0.05) is 0 Å². The Morgan fingerprint density at radius 3 is 1.80 bits per heavy atom. The zero-order valence-corrected chi connectivity index (χ0v) is 27.9. The first-order valence-corrected chi connectivity index (χ1v) is 17.6. The normalized spacial score (nSPS) is 19.8. The number of anilines is 6. The molecule has 2 aromatic heterocycles. The lowest BCUT2D eigenvalue weighted by molar-refractivity contribution is 0.368. The topological polar surface area (TPSA) is 106 Å². The van der Waals surface area contributed by atoms with Crippen LogP contribution >= 0.6 is 0 Å². The second kappa shape index (κ2) is 13.2. The molecule has 2 aromatic carbocycles. The first kappa shape index (κ1) is 31.2. The van der Waals surface area contributed by atoms with Crippen LogP contribution in [0, 0.1) is 17.9 Å². The number of allylic oxidation sites excluding steroid dienone is 2. The van der Waals surface area contributed by atoms with Gasteiger partial charge in [0.05, 0.1) is 22.8 Å². The van der Waals surface area contributed by atoms with Gasteiger partial charge in [0.2, 0.25) is 11.8 Å². The fourth-order valence-electron chi connectivity index (χ4n) is 7.45. The Balaban J connectivity index is 1.12. The number of aliphatic imine (C=N–C) groups is 4. The lowest BCUT2D eigenvalue weighted by atomic mass is 9.86. The van der Waals surface area contributed by atoms with Crippen molar-refractivity contribution in [3.8, 4) is 0 Å². The molecule has 10 nitrogen and oxygen atoms in total. The molecule has 1 unspecified atom stereocenters. The number of nitrogens with one attached hydrogen (secondary N) is 2. The monoisotopic (exact) mass is 686 g/mol. The summed E-state index contributed by atoms with van der Waals surface area (Å²) in [6.45, 7) is 3.93. The fourth-order valence-corrected chi connectivity index (χ4v) is 7.45. The third kappa shape index (κ3) is 6.26. The molecule has 0 saturated carbocycles. The van der Waals surface area contributed by atoms with Crippen molar-refractivity contribution in [2.45, 2.75) is 38.5 Å². The molecule has 2 saturated heterocycles. The first-order valence-electron chi connectivity index (χ1n) is 17.6. The highest BCUT2D eigenvalue weighted by atomic mass is 19.1. The molecule has 5 aliphatic rings. The van der Waals surface area contributed by atoms with Crippen LogP contribution in [0.4, 0.5) is 43.3 Å². The molecular formula is C39H36F2N8O2. The van der Waals surface area contributed by atoms with Gasteiger partial charge in [-0.2, -0.15) is 8.78 Å². The van der Waals surface area contributed by atoms with E-state index in [0.717, 1.165) is 91.3 Å². The lowest BCUT2D eigenvalue weighted by Crippen LogP contribution is -2.32. The highest BCUT2D eigenvalue weighted by molar-refractivity contribution is 6.27. The largest absolute Gasteiger partial charge is 0.415 e. The molecule has 9 rings (SSSR count). The molecular weight excluding hydrogens is 650 g/mol. The van der Waals surface area contributed by atoms with Crippen molar-refractivity contribution in [3.05, 3.63) is 102 Å². The SMILES string of the molecule is Fc1ccc(Nc2cc(N3CCCCC3)ccc2C2=CC3=CC(c4ccc(N5CCCCC5)cc4Nc4ccc(F)o4)=NC4=NC=NC(=N2)C34)o1. The van der Waals surface area contributed by atoms with Gasteiger partial charge < -0.3 is 29.3 Å². The van der Waals surface area contributed by atoms with Crippen LogP contribution in [-0.4, -0.2) is 49.9 Å². The van der Waals surface area contributed by atoms with E-state index in [-0.39, 0.29) is 5.92 Å². The van der Waals surface area contributed by atoms with E-state index in [2.05, 4.69) is 54.7 Å². The number of furan rings is 2. The van der Waals surface area contributed by atoms with Crippen LogP contribution in [0.15, 0.2) is 107 Å². The Hall–Kier alpha value is -5.78. The van der Waals surface area contributed by atoms with Crippen LogP contribution in [-0.2, 0) is 0 Å². The molecule has 5 aliphatic heterocycles. The number of benzene rings is 2. The molecule has 0 amide bonds. The van der Waals surface area contributed by atoms with Gasteiger partial charge in [0, 0.05) is 72.9 Å². The summed E-state index contributed by atoms with van der Waals surface area (Å²) in [5.41, 5.74) is 7.59. The minimum atomic E-state index is -0.663. The average Bonchev–Trinajstić information content (AvgIpc) is 3.78. The maximum Gasteiger partial charge on any atom is 0.279 e. The Morgan fingerprint density at radius 2 is 1.22 bits per heavy atom. The molecule has 258 valence electrons. The molecule has 0 spiro atoms. The summed E-state index contributed by atoms with van der Waals surface area (Å²) in [5, 5.41) is 6.60. The van der Waals surface area contributed by atoms with Crippen molar-refractivity contribution in [3.63, 3.8) is 0 Å². The lowest BCUT2D eigenvalue weighted by Gasteiger charge is -2.31. The number of amidine groups is 2. The van der Waals surface area contributed by atoms with Crippen molar-refractivity contribution in [1.82, 2.24) is 0 Å². The van der Waals surface area contributed by atoms with Gasteiger partial charge in [-0.3, -0.25) is 0 Å². The van der Waals surface area contributed by atoms with Gasteiger partial charge in [-0.05, 0) is 92.6 Å². The van der Waals surface area contributed by atoms with Crippen LogP contribution in [0.5, 0.6) is 0 Å². The molecule has 1 atom stereocenters. The molecule has 0 bridgehead atoms. The van der Waals surface area contributed by atoms with E-state index in [4.69, 9.17) is 18.8 Å². The van der Waals surface area contributed by atoms with E-state index in [0.29, 0.717) is 34.8 Å². The van der Waals surface area contributed by atoms with Gasteiger partial charge >= 0.3 is 0 Å². The predicted molar refractivity (Wildman–Crippen MR) is 198 cm³/mol. The Labute approximate surface area is 293 Å². The summed E-state index contributed by atoms with van der Waals surface area (Å²) in [5.74, 6) is 1.45. The summed E-state index contributed by atoms with van der Waals surface area (Å²) in [7, 11) is 0. The maximum atomic E-state index is 13.9. The zero-order valence-electron chi connectivity index (χ0n) is 27.9. The van der Waals surface area contributed by atoms with Crippen molar-refractivity contribution in [2.24, 2.45) is 25.9 Å². The van der Waals surface area contributed by atoms with Gasteiger partial charge in [-0.25, -0.2) is 20.0 Å². The molecule has 2 fully saturated rings. The van der Waals surface area contributed by atoms with Crippen LogP contribution in [0.2, 0.25) is 0 Å². The van der Waals surface area contributed by atoms with Gasteiger partial charge in [0.25, 0.3) is 12.0 Å². The van der Waals surface area contributed by atoms with Crippen molar-refractivity contribution >= 4 is 63.9 Å². The van der Waals surface area contributed by atoms with Crippen molar-refractivity contribution in [2.75, 3.05) is 46.6 Å². The van der Waals surface area contributed by atoms with Crippen LogP contribution in [0.3, 0.4) is 0 Å². The minimum Gasteiger partial charge on any atom is -0.415 e. The second-order valence-corrected chi connectivity index (χ2v) is 13.3. The maximum absolute atomic E-state index is 13.9. The number of halogens is 2. The van der Waals surface area contributed by atoms with Gasteiger partial charge in [0.1, 0.15) is 23.9 Å². The quantitative estimate of drug-likeness (QED) is 0.192. The van der Waals surface area contributed by atoms with Crippen LogP contribution < -0.4 is 20.4 Å². The number of nitrogens with zero attached hydrogens (tertiary/aromatic N) is 6. The molecule has 4 aromatic rings. The predicted octanol–water partition coefficient (Wildman–Crippen LogP) is 8.86. The standard InChI is InChI=1S/C39H36F2N8O2/c40-33-11-13-35(50-33)44-31-21-25(48-15-3-1-4-16-48)7-9-27(31)29-19-24-20-30(47-39-37(24)38(46-29)42-23-43-39)28-10-8-26(49-17-5-2-6-18-49)22-32(28)45-36-14-12-34(41)51-36/h7-14,19-23,37,44-45H,1-6,15-18H2. The van der Waals surface area contributed by atoms with E-state index in [1.54, 1.807) is 12.1 Å². The molecule has 2 N–H and O–H groups in total. The summed E-state index contributed by atoms with van der Waals surface area (Å²) in [4.78, 5) is 23.9. The number of hydrogen-bond acceptors (Lipinski definition) is 10. The third-order valence-corrected chi connectivity index (χ3v) is 9.97. The van der Waals surface area contributed by atoms with Crippen molar-refractivity contribution in [1.29, 1.82) is 0 Å². The average molecular weight is 687 g/mol. The van der Waals surface area contributed by atoms with Crippen LogP contribution in [0.25, 0.3) is 5.70 Å².